The van der Waals surface area contributed by atoms with E-state index in [4.69, 9.17) is 10.2 Å². The van der Waals surface area contributed by atoms with Gasteiger partial charge in [-0.1, -0.05) is 0 Å². The zero-order chi connectivity index (χ0) is 16.2. The van der Waals surface area contributed by atoms with Crippen LogP contribution >= 0.6 is 0 Å². The van der Waals surface area contributed by atoms with Crippen molar-refractivity contribution in [1.29, 1.82) is 0 Å². The highest BCUT2D eigenvalue weighted by molar-refractivity contribution is 5.86. The fourth-order valence-corrected chi connectivity index (χ4v) is 1.83. The van der Waals surface area contributed by atoms with Crippen LogP contribution in [0.1, 0.15) is 23.4 Å². The summed E-state index contributed by atoms with van der Waals surface area (Å²) in [5.41, 5.74) is 2.47. The summed E-state index contributed by atoms with van der Waals surface area (Å²) in [5, 5.41) is 26.2. The molecular weight excluding hydrogens is 280 g/mol. The molecule has 1 aromatic heterocycles. The van der Waals surface area contributed by atoms with Crippen molar-refractivity contribution in [2.75, 3.05) is 0 Å². The lowest BCUT2D eigenvalue weighted by atomic mass is 10.2. The van der Waals surface area contributed by atoms with Gasteiger partial charge in [0.25, 0.3) is 0 Å². The first kappa shape index (κ1) is 16.5. The van der Waals surface area contributed by atoms with Gasteiger partial charge in [0, 0.05) is 24.8 Å². The van der Waals surface area contributed by atoms with Crippen molar-refractivity contribution in [1.82, 2.24) is 20.4 Å². The van der Waals surface area contributed by atoms with Crippen molar-refractivity contribution in [3.63, 3.8) is 0 Å². The van der Waals surface area contributed by atoms with E-state index in [1.807, 2.05) is 6.92 Å². The van der Waals surface area contributed by atoms with Gasteiger partial charge in [0.15, 0.2) is 0 Å². The van der Waals surface area contributed by atoms with Crippen LogP contribution in [0.15, 0.2) is 0 Å². The second-order valence-electron chi connectivity index (χ2n) is 4.59. The predicted octanol–water partition coefficient (Wildman–Crippen LogP) is -0.236. The maximum absolute atomic E-state index is 11.6. The minimum absolute atomic E-state index is 0.177. The highest BCUT2D eigenvalue weighted by Gasteiger charge is 2.23. The normalized spacial score (nSPS) is 11.8. The number of carboxylic acid groups (broad SMARTS) is 2. The molecule has 0 saturated carbocycles. The van der Waals surface area contributed by atoms with Gasteiger partial charge in [-0.2, -0.15) is 5.10 Å². The second-order valence-corrected chi connectivity index (χ2v) is 4.59. The van der Waals surface area contributed by atoms with Gasteiger partial charge in [-0.15, -0.1) is 0 Å². The molecule has 1 aromatic rings. The Morgan fingerprint density at radius 2 is 1.90 bits per heavy atom. The molecule has 0 radical (unpaired) electrons. The minimum atomic E-state index is -1.47. The van der Waals surface area contributed by atoms with Crippen LogP contribution in [0, 0.1) is 13.8 Å². The summed E-state index contributed by atoms with van der Waals surface area (Å²) in [7, 11) is 1.78. The summed E-state index contributed by atoms with van der Waals surface area (Å²) in [6.07, 6.45) is -0.687. The van der Waals surface area contributed by atoms with E-state index < -0.39 is 30.4 Å². The number of carbonyl (C=O) groups excluding carboxylic acids is 1. The van der Waals surface area contributed by atoms with Gasteiger partial charge in [-0.25, -0.2) is 9.59 Å². The molecule has 9 nitrogen and oxygen atoms in total. The Balaban J connectivity index is 2.61. The number of nitrogens with one attached hydrogen (secondary N) is 2. The smallest absolute Gasteiger partial charge is 0.326 e. The van der Waals surface area contributed by atoms with E-state index in [0.29, 0.717) is 0 Å². The minimum Gasteiger partial charge on any atom is -0.481 e. The third-order valence-corrected chi connectivity index (χ3v) is 3.07. The SMILES string of the molecule is Cc1nn(C)c(C)c1CNC(=O)N[C@@H](CC(=O)O)C(=O)O. The molecule has 116 valence electrons. The summed E-state index contributed by atoms with van der Waals surface area (Å²) in [6.45, 7) is 3.82. The van der Waals surface area contributed by atoms with E-state index in [-0.39, 0.29) is 6.54 Å². The predicted molar refractivity (Wildman–Crippen MR) is 71.7 cm³/mol. The third kappa shape index (κ3) is 4.48. The molecule has 0 aromatic carbocycles. The number of hydrogen-bond acceptors (Lipinski definition) is 4. The first-order valence-electron chi connectivity index (χ1n) is 6.20. The van der Waals surface area contributed by atoms with E-state index in [1.165, 1.54) is 0 Å². The molecule has 2 amide bonds. The Bertz CT molecular complexity index is 566. The van der Waals surface area contributed by atoms with Crippen LogP contribution in [-0.4, -0.2) is 44.0 Å². The average Bonchev–Trinajstić information content (AvgIpc) is 2.60. The Hall–Kier alpha value is -2.58. The fraction of sp³-hybridized carbons (Fsp3) is 0.500. The number of carboxylic acids is 2. The van der Waals surface area contributed by atoms with E-state index >= 15 is 0 Å². The number of rotatable bonds is 6. The Morgan fingerprint density at radius 1 is 1.29 bits per heavy atom. The summed E-state index contributed by atoms with van der Waals surface area (Å²) in [6, 6.07) is -2.22. The fourth-order valence-electron chi connectivity index (χ4n) is 1.83. The van der Waals surface area contributed by atoms with Crippen molar-refractivity contribution < 1.29 is 24.6 Å². The molecule has 0 bridgehead atoms. The molecule has 0 spiro atoms. The van der Waals surface area contributed by atoms with Crippen molar-refractivity contribution in [3.8, 4) is 0 Å². The zero-order valence-electron chi connectivity index (χ0n) is 12.0. The summed E-state index contributed by atoms with van der Waals surface area (Å²) in [5.74, 6) is -2.71. The zero-order valence-corrected chi connectivity index (χ0v) is 12.0. The summed E-state index contributed by atoms with van der Waals surface area (Å²) < 4.78 is 1.68. The lowest BCUT2D eigenvalue weighted by Gasteiger charge is -2.13. The van der Waals surface area contributed by atoms with Crippen LogP contribution < -0.4 is 10.6 Å². The first-order chi connectivity index (χ1) is 9.72. The maximum atomic E-state index is 11.6. The Morgan fingerprint density at radius 3 is 2.33 bits per heavy atom. The van der Waals surface area contributed by atoms with Crippen LogP contribution in [0.4, 0.5) is 4.79 Å². The maximum Gasteiger partial charge on any atom is 0.326 e. The van der Waals surface area contributed by atoms with Crippen molar-refractivity contribution in [3.05, 3.63) is 17.0 Å². The van der Waals surface area contributed by atoms with E-state index in [1.54, 1.807) is 18.7 Å². The number of carbonyl (C=O) groups is 3. The first-order valence-corrected chi connectivity index (χ1v) is 6.20. The molecule has 0 fully saturated rings. The van der Waals surface area contributed by atoms with Gasteiger partial charge in [0.05, 0.1) is 12.1 Å². The molecule has 0 unspecified atom stereocenters. The highest BCUT2D eigenvalue weighted by Crippen LogP contribution is 2.10. The lowest BCUT2D eigenvalue weighted by Crippen LogP contribution is -2.46. The average molecular weight is 298 g/mol. The van der Waals surface area contributed by atoms with Crippen LogP contribution in [0.3, 0.4) is 0 Å². The number of urea groups is 1. The van der Waals surface area contributed by atoms with Crippen LogP contribution in [0.5, 0.6) is 0 Å². The summed E-state index contributed by atoms with van der Waals surface area (Å²) >= 11 is 0. The molecule has 9 heteroatoms. The molecule has 1 rings (SSSR count). The molecular formula is C12H18N4O5. The number of aromatic nitrogens is 2. The third-order valence-electron chi connectivity index (χ3n) is 3.07. The van der Waals surface area contributed by atoms with Gasteiger partial charge >= 0.3 is 18.0 Å². The molecule has 21 heavy (non-hydrogen) atoms. The van der Waals surface area contributed by atoms with Crippen molar-refractivity contribution in [2.45, 2.75) is 32.9 Å². The number of aryl methyl sites for hydroxylation is 2. The van der Waals surface area contributed by atoms with E-state index in [2.05, 4.69) is 15.7 Å². The highest BCUT2D eigenvalue weighted by atomic mass is 16.4. The molecule has 4 N–H and O–H groups in total. The van der Waals surface area contributed by atoms with Gasteiger partial charge < -0.3 is 20.8 Å². The lowest BCUT2D eigenvalue weighted by molar-refractivity contribution is -0.145. The van der Waals surface area contributed by atoms with Gasteiger partial charge in [0.1, 0.15) is 6.04 Å². The van der Waals surface area contributed by atoms with Crippen LogP contribution in [-0.2, 0) is 23.2 Å². The van der Waals surface area contributed by atoms with Gasteiger partial charge in [-0.3, -0.25) is 9.48 Å². The Labute approximate surface area is 120 Å². The molecule has 0 aliphatic rings. The molecule has 1 heterocycles. The number of amides is 2. The van der Waals surface area contributed by atoms with E-state index in [9.17, 15) is 14.4 Å². The molecule has 0 aliphatic carbocycles. The van der Waals surface area contributed by atoms with Crippen LogP contribution in [0.25, 0.3) is 0 Å². The van der Waals surface area contributed by atoms with E-state index in [0.717, 1.165) is 17.0 Å². The number of nitrogens with zero attached hydrogens (tertiary/aromatic N) is 2. The van der Waals surface area contributed by atoms with Crippen molar-refractivity contribution in [2.24, 2.45) is 7.05 Å². The van der Waals surface area contributed by atoms with Crippen LogP contribution in [0.2, 0.25) is 0 Å². The van der Waals surface area contributed by atoms with Crippen molar-refractivity contribution >= 4 is 18.0 Å². The standard InChI is InChI=1S/C12H18N4O5/c1-6-8(7(2)16(3)15-6)5-13-12(21)14-9(11(19)20)4-10(17)18/h9H,4-5H2,1-3H3,(H,17,18)(H,19,20)(H2,13,14,21)/t9-/m0/s1. The van der Waals surface area contributed by atoms with Gasteiger partial charge in [-0.05, 0) is 13.8 Å². The topological polar surface area (TPSA) is 134 Å². The number of aliphatic carboxylic acids is 2. The Kier molecular flexibility index (Phi) is 5.28. The summed E-state index contributed by atoms with van der Waals surface area (Å²) in [4.78, 5) is 33.0. The second kappa shape index (κ2) is 6.73. The molecule has 0 saturated heterocycles. The molecule has 0 aliphatic heterocycles. The van der Waals surface area contributed by atoms with Gasteiger partial charge in [0.2, 0.25) is 0 Å². The largest absolute Gasteiger partial charge is 0.481 e. The quantitative estimate of drug-likeness (QED) is 0.573. The monoisotopic (exact) mass is 298 g/mol. The molecule has 1 atom stereocenters. The number of hydrogen-bond donors (Lipinski definition) is 4.